The van der Waals surface area contributed by atoms with Gasteiger partial charge in [0.05, 0.1) is 17.1 Å². The first-order valence-corrected chi connectivity index (χ1v) is 14.2. The van der Waals surface area contributed by atoms with E-state index in [0.717, 1.165) is 30.8 Å². The molecule has 3 aromatic rings. The Morgan fingerprint density at radius 2 is 1.76 bits per heavy atom. The number of benzene rings is 3. The summed E-state index contributed by atoms with van der Waals surface area (Å²) in [6.45, 7) is 5.19. The number of nitrogens with zero attached hydrogens (tertiary/aromatic N) is 2. The summed E-state index contributed by atoms with van der Waals surface area (Å²) < 4.78 is 34.3. The third-order valence-corrected chi connectivity index (χ3v) is 8.78. The number of fused-ring (bicyclic) bond motifs is 1. The van der Waals surface area contributed by atoms with Crippen molar-refractivity contribution in [3.05, 3.63) is 88.4 Å². The van der Waals surface area contributed by atoms with E-state index < -0.39 is 16.1 Å². The highest BCUT2D eigenvalue weighted by molar-refractivity contribution is 7.92. The lowest BCUT2D eigenvalue weighted by Gasteiger charge is -2.35. The molecule has 1 fully saturated rings. The summed E-state index contributed by atoms with van der Waals surface area (Å²) in [5, 5.41) is 3.30. The van der Waals surface area contributed by atoms with Crippen LogP contribution in [0, 0.1) is 6.92 Å². The third-order valence-electron chi connectivity index (χ3n) is 6.75. The van der Waals surface area contributed by atoms with Crippen LogP contribution in [0.2, 0.25) is 5.02 Å². The van der Waals surface area contributed by atoms with E-state index in [2.05, 4.69) is 22.3 Å². The van der Waals surface area contributed by atoms with Gasteiger partial charge in [-0.3, -0.25) is 14.0 Å². The molecule has 1 N–H and O–H groups in total. The number of amides is 1. The first kappa shape index (κ1) is 25.6. The molecule has 7 nitrogen and oxygen atoms in total. The molecular formula is C28H30ClN3O4S. The maximum Gasteiger partial charge on any atom is 0.264 e. The zero-order chi connectivity index (χ0) is 26.0. The number of halogens is 1. The van der Waals surface area contributed by atoms with Crippen LogP contribution in [0.3, 0.4) is 0 Å². The maximum atomic E-state index is 13.6. The van der Waals surface area contributed by atoms with Crippen LogP contribution in [-0.4, -0.2) is 45.0 Å². The lowest BCUT2D eigenvalue weighted by atomic mass is 10.1. The Labute approximate surface area is 223 Å². The molecule has 194 valence electrons. The van der Waals surface area contributed by atoms with Crippen LogP contribution in [0.25, 0.3) is 0 Å². The normalized spacial score (nSPS) is 17.8. The van der Waals surface area contributed by atoms with Crippen molar-refractivity contribution in [2.45, 2.75) is 43.9 Å². The highest BCUT2D eigenvalue weighted by Crippen LogP contribution is 2.39. The van der Waals surface area contributed by atoms with Crippen LogP contribution < -0.4 is 14.4 Å². The molecular weight excluding hydrogens is 510 g/mol. The van der Waals surface area contributed by atoms with E-state index in [1.165, 1.54) is 22.7 Å². The van der Waals surface area contributed by atoms with Gasteiger partial charge in [-0.05, 0) is 74.3 Å². The van der Waals surface area contributed by atoms with E-state index >= 15 is 0 Å². The van der Waals surface area contributed by atoms with Crippen LogP contribution in [0.1, 0.15) is 29.5 Å². The fourth-order valence-electron chi connectivity index (χ4n) is 4.77. The quantitative estimate of drug-likeness (QED) is 0.478. The van der Waals surface area contributed by atoms with E-state index in [0.29, 0.717) is 23.0 Å². The van der Waals surface area contributed by atoms with Gasteiger partial charge in [0.25, 0.3) is 15.9 Å². The fraction of sp³-hybridized carbons (Fsp3) is 0.321. The molecule has 3 aromatic carbocycles. The molecule has 37 heavy (non-hydrogen) atoms. The second-order valence-corrected chi connectivity index (χ2v) is 11.9. The number of sulfonamides is 1. The smallest absolute Gasteiger partial charge is 0.264 e. The Morgan fingerprint density at radius 1 is 1.03 bits per heavy atom. The minimum atomic E-state index is -3.95. The zero-order valence-corrected chi connectivity index (χ0v) is 22.3. The topological polar surface area (TPSA) is 79.0 Å². The van der Waals surface area contributed by atoms with Crippen molar-refractivity contribution in [1.29, 1.82) is 0 Å². The average Bonchev–Trinajstić information content (AvgIpc) is 3.40. The van der Waals surface area contributed by atoms with Gasteiger partial charge in [-0.2, -0.15) is 0 Å². The number of likely N-dealkylation sites (tertiary alicyclic amines) is 1. The minimum Gasteiger partial charge on any atom is -0.476 e. The molecule has 1 saturated heterocycles. The van der Waals surface area contributed by atoms with E-state index in [1.54, 1.807) is 42.5 Å². The number of carbonyl (C=O) groups excluding carboxylic acids is 1. The van der Waals surface area contributed by atoms with Crippen molar-refractivity contribution >= 4 is 33.2 Å². The van der Waals surface area contributed by atoms with Crippen LogP contribution in [0.15, 0.2) is 71.6 Å². The van der Waals surface area contributed by atoms with Crippen LogP contribution in [0.4, 0.5) is 5.69 Å². The molecule has 0 radical (unpaired) electrons. The molecule has 1 atom stereocenters. The Bertz CT molecular complexity index is 1390. The summed E-state index contributed by atoms with van der Waals surface area (Å²) >= 11 is 6.18. The highest BCUT2D eigenvalue weighted by atomic mass is 35.5. The molecule has 0 saturated carbocycles. The fourth-order valence-corrected chi connectivity index (χ4v) is 6.40. The molecule has 5 rings (SSSR count). The lowest BCUT2D eigenvalue weighted by Crippen LogP contribution is -2.50. The molecule has 1 amide bonds. The summed E-state index contributed by atoms with van der Waals surface area (Å²) in [4.78, 5) is 15.7. The van der Waals surface area contributed by atoms with Crippen LogP contribution >= 0.6 is 11.6 Å². The lowest BCUT2D eigenvalue weighted by molar-refractivity contribution is -0.127. The van der Waals surface area contributed by atoms with Gasteiger partial charge in [0.2, 0.25) is 0 Å². The van der Waals surface area contributed by atoms with Crippen molar-refractivity contribution in [1.82, 2.24) is 10.2 Å². The first-order valence-electron chi connectivity index (χ1n) is 12.4. The number of ether oxygens (including phenoxy) is 1. The molecule has 0 aromatic heterocycles. The average molecular weight is 540 g/mol. The van der Waals surface area contributed by atoms with Crippen molar-refractivity contribution in [2.24, 2.45) is 0 Å². The number of hydrogen-bond donors (Lipinski definition) is 1. The van der Waals surface area contributed by atoms with E-state index in [4.69, 9.17) is 16.3 Å². The van der Waals surface area contributed by atoms with Gasteiger partial charge in [0, 0.05) is 18.1 Å². The van der Waals surface area contributed by atoms with Gasteiger partial charge in [-0.1, -0.05) is 53.6 Å². The van der Waals surface area contributed by atoms with Crippen molar-refractivity contribution in [3.8, 4) is 5.75 Å². The standard InChI is InChI=1S/C28H30ClN3O4S/c1-20-7-10-24(11-8-20)37(34,35)32-19-27(36-26-12-9-23(29)16-25(26)32)28(33)30-17-21-5-4-6-22(15-21)18-31-13-2-3-14-31/h4-12,15-16,27H,2-3,13-14,17-19H2,1H3,(H,30,33). The molecule has 0 spiro atoms. The number of anilines is 1. The van der Waals surface area contributed by atoms with Gasteiger partial charge in [-0.25, -0.2) is 8.42 Å². The minimum absolute atomic E-state index is 0.139. The maximum absolute atomic E-state index is 13.6. The predicted octanol–water partition coefficient (Wildman–Crippen LogP) is 4.52. The number of aryl methyl sites for hydroxylation is 1. The second-order valence-electron chi connectivity index (χ2n) is 9.59. The van der Waals surface area contributed by atoms with Crippen LogP contribution in [0.5, 0.6) is 5.75 Å². The second kappa shape index (κ2) is 10.7. The highest BCUT2D eigenvalue weighted by Gasteiger charge is 2.37. The number of nitrogens with one attached hydrogen (secondary N) is 1. The number of rotatable bonds is 7. The van der Waals surface area contributed by atoms with Crippen LogP contribution in [-0.2, 0) is 27.9 Å². The number of carbonyl (C=O) groups is 1. The van der Waals surface area contributed by atoms with Gasteiger partial charge < -0.3 is 10.1 Å². The Hall–Kier alpha value is -3.07. The molecule has 0 bridgehead atoms. The van der Waals surface area contributed by atoms with E-state index in [9.17, 15) is 13.2 Å². The molecule has 9 heteroatoms. The van der Waals surface area contributed by atoms with Crippen molar-refractivity contribution in [2.75, 3.05) is 23.9 Å². The SMILES string of the molecule is Cc1ccc(S(=O)(=O)N2CC(C(=O)NCc3cccc(CN4CCCC4)c3)Oc3ccc(Cl)cc32)cc1. The summed E-state index contributed by atoms with van der Waals surface area (Å²) in [5.74, 6) is -0.0891. The molecule has 1 unspecified atom stereocenters. The Balaban J connectivity index is 1.33. The molecule has 2 heterocycles. The molecule has 0 aliphatic carbocycles. The van der Waals surface area contributed by atoms with Crippen molar-refractivity contribution < 1.29 is 17.9 Å². The summed E-state index contributed by atoms with van der Waals surface area (Å²) in [5.41, 5.74) is 3.46. The zero-order valence-electron chi connectivity index (χ0n) is 20.7. The third kappa shape index (κ3) is 5.76. The van der Waals surface area contributed by atoms with Gasteiger partial charge in [0.1, 0.15) is 5.75 Å². The van der Waals surface area contributed by atoms with E-state index in [1.807, 2.05) is 19.1 Å². The predicted molar refractivity (Wildman–Crippen MR) is 144 cm³/mol. The first-order chi connectivity index (χ1) is 17.8. The number of hydrogen-bond acceptors (Lipinski definition) is 5. The molecule has 2 aliphatic heterocycles. The van der Waals surface area contributed by atoms with Gasteiger partial charge >= 0.3 is 0 Å². The molecule has 2 aliphatic rings. The Kier molecular flexibility index (Phi) is 7.42. The van der Waals surface area contributed by atoms with Crippen molar-refractivity contribution in [3.63, 3.8) is 0 Å². The Morgan fingerprint density at radius 3 is 2.51 bits per heavy atom. The summed E-state index contributed by atoms with van der Waals surface area (Å²) in [6.07, 6.45) is 1.47. The van der Waals surface area contributed by atoms with Gasteiger partial charge in [-0.15, -0.1) is 0 Å². The summed E-state index contributed by atoms with van der Waals surface area (Å²) in [7, 11) is -3.95. The largest absolute Gasteiger partial charge is 0.476 e. The monoisotopic (exact) mass is 539 g/mol. The van der Waals surface area contributed by atoms with Gasteiger partial charge in [0.15, 0.2) is 6.10 Å². The summed E-state index contributed by atoms with van der Waals surface area (Å²) in [6, 6.07) is 19.5. The van der Waals surface area contributed by atoms with E-state index in [-0.39, 0.29) is 17.3 Å².